The van der Waals surface area contributed by atoms with Crippen molar-refractivity contribution in [1.82, 2.24) is 0 Å². The van der Waals surface area contributed by atoms with E-state index in [4.69, 9.17) is 0 Å². The maximum Gasteiger partial charge on any atom is 0.174 e. The zero-order valence-electron chi connectivity index (χ0n) is 20.2. The van der Waals surface area contributed by atoms with E-state index in [9.17, 15) is 8.78 Å². The van der Waals surface area contributed by atoms with E-state index in [-0.39, 0.29) is 5.56 Å². The lowest BCUT2D eigenvalue weighted by Crippen LogP contribution is -2.30. The molecule has 2 fully saturated rings. The molecule has 0 radical (unpaired) electrons. The standard InChI is InChI=1S/C32H36F2/c1-3-5-7-24-12-16-30-22-29(20-19-28(30)21-24)25-13-9-23(10-14-25)11-15-27-18-17-26(8-6-4-2)31(33)32(27)34/h3-4,9-10,13-14,17-18,24,28-30H,1-2,5-8,12,16,19-22H2. The number of fused-ring (bicyclic) bond motifs is 1. The molecule has 34 heavy (non-hydrogen) atoms. The predicted molar refractivity (Wildman–Crippen MR) is 138 cm³/mol. The van der Waals surface area contributed by atoms with Gasteiger partial charge in [-0.05, 0) is 111 Å². The summed E-state index contributed by atoms with van der Waals surface area (Å²) in [5.41, 5.74) is 2.69. The summed E-state index contributed by atoms with van der Waals surface area (Å²) in [7, 11) is 0. The lowest BCUT2D eigenvalue weighted by molar-refractivity contribution is 0.115. The van der Waals surface area contributed by atoms with Crippen molar-refractivity contribution in [2.75, 3.05) is 0 Å². The minimum absolute atomic E-state index is 0.103. The third kappa shape index (κ3) is 5.87. The molecule has 0 amide bonds. The summed E-state index contributed by atoms with van der Waals surface area (Å²) >= 11 is 0. The zero-order chi connectivity index (χ0) is 23.9. The number of hydrogen-bond acceptors (Lipinski definition) is 0. The van der Waals surface area contributed by atoms with Crippen LogP contribution in [0.4, 0.5) is 8.78 Å². The second kappa shape index (κ2) is 11.7. The van der Waals surface area contributed by atoms with Crippen LogP contribution >= 0.6 is 0 Å². The Kier molecular flexibility index (Phi) is 8.39. The summed E-state index contributed by atoms with van der Waals surface area (Å²) in [5, 5.41) is 0. The molecule has 0 aromatic heterocycles. The SMILES string of the molecule is C=CCCc1ccc(C#Cc2ccc(C3CCC4CC(CCC=C)CCC4C3)cc2)c(F)c1F. The molecule has 2 saturated carbocycles. The molecule has 0 spiro atoms. The third-order valence-electron chi connectivity index (χ3n) is 8.00. The molecule has 0 nitrogen and oxygen atoms in total. The van der Waals surface area contributed by atoms with Crippen LogP contribution in [0.15, 0.2) is 61.7 Å². The van der Waals surface area contributed by atoms with Gasteiger partial charge in [0.15, 0.2) is 11.6 Å². The average molecular weight is 459 g/mol. The van der Waals surface area contributed by atoms with Crippen molar-refractivity contribution in [3.05, 3.63) is 95.6 Å². The number of benzene rings is 2. The monoisotopic (exact) mass is 458 g/mol. The normalized spacial score (nSPS) is 23.9. The van der Waals surface area contributed by atoms with Gasteiger partial charge in [0.2, 0.25) is 0 Å². The van der Waals surface area contributed by atoms with Crippen LogP contribution in [-0.2, 0) is 6.42 Å². The fraction of sp³-hybridized carbons (Fsp3) is 0.438. The van der Waals surface area contributed by atoms with Crippen molar-refractivity contribution >= 4 is 0 Å². The first-order valence-electron chi connectivity index (χ1n) is 12.9. The van der Waals surface area contributed by atoms with Crippen molar-refractivity contribution < 1.29 is 8.78 Å². The van der Waals surface area contributed by atoms with Crippen LogP contribution in [0.25, 0.3) is 0 Å². The third-order valence-corrected chi connectivity index (χ3v) is 8.00. The summed E-state index contributed by atoms with van der Waals surface area (Å²) in [4.78, 5) is 0. The van der Waals surface area contributed by atoms with Gasteiger partial charge in [0, 0.05) is 5.56 Å². The summed E-state index contributed by atoms with van der Waals surface area (Å²) in [6.45, 7) is 7.51. The number of halogens is 2. The highest BCUT2D eigenvalue weighted by Crippen LogP contribution is 2.48. The molecule has 2 heteroatoms. The Hall–Kier alpha value is -2.66. The Morgan fingerprint density at radius 3 is 2.29 bits per heavy atom. The minimum Gasteiger partial charge on any atom is -0.203 e. The molecule has 0 N–H and O–H groups in total. The Morgan fingerprint density at radius 1 is 0.794 bits per heavy atom. The Morgan fingerprint density at radius 2 is 1.53 bits per heavy atom. The second-order valence-electron chi connectivity index (χ2n) is 10.2. The van der Waals surface area contributed by atoms with Crippen molar-refractivity contribution in [2.24, 2.45) is 17.8 Å². The Labute approximate surface area is 204 Å². The molecule has 0 saturated heterocycles. The molecule has 2 aliphatic rings. The van der Waals surface area contributed by atoms with E-state index >= 15 is 0 Å². The fourth-order valence-corrected chi connectivity index (χ4v) is 6.02. The summed E-state index contributed by atoms with van der Waals surface area (Å²) in [5.74, 6) is 7.47. The number of aryl methyl sites for hydroxylation is 1. The van der Waals surface area contributed by atoms with E-state index < -0.39 is 11.6 Å². The van der Waals surface area contributed by atoms with Gasteiger partial charge in [0.1, 0.15) is 0 Å². The van der Waals surface area contributed by atoms with Gasteiger partial charge in [-0.25, -0.2) is 8.78 Å². The molecule has 2 aliphatic carbocycles. The molecular formula is C32H36F2. The van der Waals surface area contributed by atoms with Crippen molar-refractivity contribution in [3.63, 3.8) is 0 Å². The second-order valence-corrected chi connectivity index (χ2v) is 10.2. The van der Waals surface area contributed by atoms with E-state index in [2.05, 4.69) is 43.2 Å². The molecule has 2 aromatic carbocycles. The first-order valence-corrected chi connectivity index (χ1v) is 12.9. The quantitative estimate of drug-likeness (QED) is 0.287. The predicted octanol–water partition coefficient (Wildman–Crippen LogP) is 8.75. The first kappa shape index (κ1) is 24.5. The smallest absolute Gasteiger partial charge is 0.174 e. The Balaban J connectivity index is 1.37. The van der Waals surface area contributed by atoms with Gasteiger partial charge in [-0.3, -0.25) is 0 Å². The molecule has 0 bridgehead atoms. The van der Waals surface area contributed by atoms with Crippen LogP contribution in [0, 0.1) is 41.2 Å². The molecule has 0 aliphatic heterocycles. The molecular weight excluding hydrogens is 422 g/mol. The van der Waals surface area contributed by atoms with Crippen molar-refractivity contribution in [1.29, 1.82) is 0 Å². The van der Waals surface area contributed by atoms with Crippen LogP contribution in [0.1, 0.15) is 86.0 Å². The highest BCUT2D eigenvalue weighted by Gasteiger charge is 2.35. The Bertz CT molecular complexity index is 1050. The van der Waals surface area contributed by atoms with Gasteiger partial charge in [-0.15, -0.1) is 13.2 Å². The number of hydrogen-bond donors (Lipinski definition) is 0. The first-order chi connectivity index (χ1) is 16.6. The summed E-state index contributed by atoms with van der Waals surface area (Å²) < 4.78 is 28.7. The molecule has 0 heterocycles. The maximum absolute atomic E-state index is 14.4. The van der Waals surface area contributed by atoms with Gasteiger partial charge in [0.05, 0.1) is 5.56 Å². The van der Waals surface area contributed by atoms with Crippen molar-refractivity contribution in [3.8, 4) is 11.8 Å². The molecule has 178 valence electrons. The minimum atomic E-state index is -0.860. The van der Waals surface area contributed by atoms with Crippen LogP contribution in [-0.4, -0.2) is 0 Å². The van der Waals surface area contributed by atoms with Gasteiger partial charge in [-0.1, -0.05) is 48.6 Å². The van der Waals surface area contributed by atoms with E-state index in [0.29, 0.717) is 24.3 Å². The van der Waals surface area contributed by atoms with E-state index in [1.165, 1.54) is 50.5 Å². The zero-order valence-corrected chi connectivity index (χ0v) is 20.2. The van der Waals surface area contributed by atoms with E-state index in [0.717, 1.165) is 29.7 Å². The fourth-order valence-electron chi connectivity index (χ4n) is 6.02. The average Bonchev–Trinajstić information content (AvgIpc) is 2.87. The van der Waals surface area contributed by atoms with Gasteiger partial charge in [-0.2, -0.15) is 0 Å². The maximum atomic E-state index is 14.4. The lowest BCUT2D eigenvalue weighted by atomic mass is 9.63. The van der Waals surface area contributed by atoms with E-state index in [1.807, 2.05) is 12.1 Å². The topological polar surface area (TPSA) is 0 Å². The van der Waals surface area contributed by atoms with E-state index in [1.54, 1.807) is 18.2 Å². The summed E-state index contributed by atoms with van der Waals surface area (Å²) in [6.07, 6.45) is 15.4. The highest BCUT2D eigenvalue weighted by molar-refractivity contribution is 5.45. The van der Waals surface area contributed by atoms with Crippen LogP contribution in [0.5, 0.6) is 0 Å². The molecule has 4 rings (SSSR count). The van der Waals surface area contributed by atoms with Gasteiger partial charge < -0.3 is 0 Å². The van der Waals surface area contributed by atoms with Crippen LogP contribution in [0.2, 0.25) is 0 Å². The number of allylic oxidation sites excluding steroid dienone is 2. The largest absolute Gasteiger partial charge is 0.203 e. The van der Waals surface area contributed by atoms with Crippen molar-refractivity contribution in [2.45, 2.75) is 70.1 Å². The lowest BCUT2D eigenvalue weighted by Gasteiger charge is -2.42. The van der Waals surface area contributed by atoms with Gasteiger partial charge >= 0.3 is 0 Å². The van der Waals surface area contributed by atoms with Crippen LogP contribution in [0.3, 0.4) is 0 Å². The van der Waals surface area contributed by atoms with Gasteiger partial charge in [0.25, 0.3) is 0 Å². The van der Waals surface area contributed by atoms with Crippen LogP contribution < -0.4 is 0 Å². The number of rotatable bonds is 7. The summed E-state index contributed by atoms with van der Waals surface area (Å²) in [6, 6.07) is 11.6. The molecule has 4 atom stereocenters. The highest BCUT2D eigenvalue weighted by atomic mass is 19.2. The molecule has 4 unspecified atom stereocenters. The molecule has 2 aromatic rings.